The normalized spacial score (nSPS) is 18.4. The van der Waals surface area contributed by atoms with Gasteiger partial charge in [0.2, 0.25) is 0 Å². The zero-order valence-corrected chi connectivity index (χ0v) is 16.6. The Kier molecular flexibility index (Phi) is 5.24. The van der Waals surface area contributed by atoms with Crippen molar-refractivity contribution in [2.75, 3.05) is 11.9 Å². The highest BCUT2D eigenvalue weighted by Crippen LogP contribution is 2.44. The zero-order chi connectivity index (χ0) is 19.8. The van der Waals surface area contributed by atoms with Crippen LogP contribution in [0.1, 0.15) is 54.6 Å². The second kappa shape index (κ2) is 7.31. The van der Waals surface area contributed by atoms with Crippen LogP contribution < -0.4 is 10.3 Å². The molecule has 6 heteroatoms. The number of halogens is 2. The van der Waals surface area contributed by atoms with Crippen molar-refractivity contribution >= 4 is 29.4 Å². The molecule has 1 aliphatic heterocycles. The average molecular weight is 388 g/mol. The van der Waals surface area contributed by atoms with Gasteiger partial charge in [0.25, 0.3) is 5.91 Å². The van der Waals surface area contributed by atoms with Crippen LogP contribution in [0.2, 0.25) is 5.02 Å². The SMILES string of the molecule is CC1CC(C)(C)N(C)c2cc(Cl)c(/C=N\NC(=O)c3cccc(F)c3)cc21. The number of carbonyl (C=O) groups is 1. The maximum atomic E-state index is 13.2. The van der Waals surface area contributed by atoms with Gasteiger partial charge in [-0.05, 0) is 62.1 Å². The molecule has 1 heterocycles. The number of amides is 1. The Morgan fingerprint density at radius 2 is 2.11 bits per heavy atom. The van der Waals surface area contributed by atoms with Gasteiger partial charge < -0.3 is 4.90 Å². The van der Waals surface area contributed by atoms with Gasteiger partial charge in [0.05, 0.1) is 11.2 Å². The molecule has 0 aliphatic carbocycles. The maximum Gasteiger partial charge on any atom is 0.271 e. The van der Waals surface area contributed by atoms with E-state index >= 15 is 0 Å². The van der Waals surface area contributed by atoms with Gasteiger partial charge in [-0.2, -0.15) is 5.10 Å². The molecular weight excluding hydrogens is 365 g/mol. The van der Waals surface area contributed by atoms with Gasteiger partial charge in [0, 0.05) is 29.4 Å². The molecule has 0 radical (unpaired) electrons. The maximum absolute atomic E-state index is 13.2. The van der Waals surface area contributed by atoms with Crippen molar-refractivity contribution in [2.45, 2.75) is 38.6 Å². The second-order valence-electron chi connectivity index (χ2n) is 7.62. The summed E-state index contributed by atoms with van der Waals surface area (Å²) in [5.74, 6) is -0.558. The molecule has 27 heavy (non-hydrogen) atoms. The highest BCUT2D eigenvalue weighted by atomic mass is 35.5. The van der Waals surface area contributed by atoms with Gasteiger partial charge in [0.15, 0.2) is 0 Å². The number of nitrogens with zero attached hydrogens (tertiary/aromatic N) is 2. The first kappa shape index (κ1) is 19.4. The lowest BCUT2D eigenvalue weighted by atomic mass is 9.80. The van der Waals surface area contributed by atoms with Crippen LogP contribution in [-0.2, 0) is 0 Å². The molecule has 2 aromatic rings. The lowest BCUT2D eigenvalue weighted by Gasteiger charge is -2.45. The van der Waals surface area contributed by atoms with Crippen LogP contribution >= 0.6 is 11.6 Å². The number of hydrogen-bond donors (Lipinski definition) is 1. The molecule has 2 aromatic carbocycles. The monoisotopic (exact) mass is 387 g/mol. The minimum atomic E-state index is -0.477. The van der Waals surface area contributed by atoms with Gasteiger partial charge in [0.1, 0.15) is 5.82 Å². The van der Waals surface area contributed by atoms with E-state index in [4.69, 9.17) is 11.6 Å². The number of hydrogen-bond acceptors (Lipinski definition) is 3. The smallest absolute Gasteiger partial charge is 0.271 e. The number of fused-ring (bicyclic) bond motifs is 1. The van der Waals surface area contributed by atoms with Crippen molar-refractivity contribution in [2.24, 2.45) is 5.10 Å². The van der Waals surface area contributed by atoms with Crippen LogP contribution in [0.3, 0.4) is 0 Å². The largest absolute Gasteiger partial charge is 0.369 e. The van der Waals surface area contributed by atoms with Gasteiger partial charge in [-0.25, -0.2) is 9.82 Å². The molecule has 1 amide bonds. The molecule has 1 unspecified atom stereocenters. The van der Waals surface area contributed by atoms with E-state index in [1.54, 1.807) is 0 Å². The van der Waals surface area contributed by atoms with Crippen LogP contribution in [0.4, 0.5) is 10.1 Å². The first-order valence-corrected chi connectivity index (χ1v) is 9.23. The van der Waals surface area contributed by atoms with Gasteiger partial charge in [-0.1, -0.05) is 24.6 Å². The number of hydrazone groups is 1. The molecule has 4 nitrogen and oxygen atoms in total. The Hall–Kier alpha value is -2.40. The topological polar surface area (TPSA) is 44.7 Å². The summed E-state index contributed by atoms with van der Waals surface area (Å²) in [6, 6.07) is 9.42. The molecule has 0 spiro atoms. The van der Waals surface area contributed by atoms with Crippen LogP contribution in [0.15, 0.2) is 41.5 Å². The number of benzene rings is 2. The summed E-state index contributed by atoms with van der Waals surface area (Å²) in [5.41, 5.74) is 5.73. The summed E-state index contributed by atoms with van der Waals surface area (Å²) in [5, 5.41) is 4.55. The van der Waals surface area contributed by atoms with E-state index in [-0.39, 0.29) is 11.1 Å². The predicted molar refractivity (Wildman–Crippen MR) is 108 cm³/mol. The van der Waals surface area contributed by atoms with E-state index in [0.717, 1.165) is 23.7 Å². The molecule has 0 saturated carbocycles. The van der Waals surface area contributed by atoms with Crippen LogP contribution in [-0.4, -0.2) is 24.7 Å². The van der Waals surface area contributed by atoms with Crippen LogP contribution in [0.5, 0.6) is 0 Å². The van der Waals surface area contributed by atoms with E-state index in [0.29, 0.717) is 10.9 Å². The van der Waals surface area contributed by atoms with E-state index in [1.165, 1.54) is 30.0 Å². The zero-order valence-electron chi connectivity index (χ0n) is 15.9. The third kappa shape index (κ3) is 3.98. The van der Waals surface area contributed by atoms with Crippen molar-refractivity contribution in [3.63, 3.8) is 0 Å². The number of carbonyl (C=O) groups excluding carboxylic acids is 1. The number of anilines is 1. The molecule has 1 N–H and O–H groups in total. The highest BCUT2D eigenvalue weighted by molar-refractivity contribution is 6.33. The lowest BCUT2D eigenvalue weighted by molar-refractivity contribution is 0.0954. The summed E-state index contributed by atoms with van der Waals surface area (Å²) in [7, 11) is 2.08. The van der Waals surface area contributed by atoms with Gasteiger partial charge >= 0.3 is 0 Å². The Morgan fingerprint density at radius 3 is 2.81 bits per heavy atom. The van der Waals surface area contributed by atoms with Gasteiger partial charge in [-0.15, -0.1) is 0 Å². The number of rotatable bonds is 3. The Bertz CT molecular complexity index is 910. The van der Waals surface area contributed by atoms with E-state index < -0.39 is 11.7 Å². The molecule has 0 bridgehead atoms. The molecular formula is C21H23ClFN3O. The highest BCUT2D eigenvalue weighted by Gasteiger charge is 2.34. The fraction of sp³-hybridized carbons (Fsp3) is 0.333. The van der Waals surface area contributed by atoms with Crippen molar-refractivity contribution in [3.05, 3.63) is 63.9 Å². The average Bonchev–Trinajstić information content (AvgIpc) is 2.60. The minimum Gasteiger partial charge on any atom is -0.369 e. The standard InChI is InChI=1S/C21H23ClFN3O/c1-13-11-21(2,3)26(4)19-10-18(22)15(9-17(13)19)12-24-25-20(27)14-6-5-7-16(23)8-14/h5-10,12-13H,11H2,1-4H3,(H,25,27)/b24-12-. The minimum absolute atomic E-state index is 0.0598. The third-order valence-electron chi connectivity index (χ3n) is 5.21. The molecule has 0 saturated heterocycles. The third-order valence-corrected chi connectivity index (χ3v) is 5.54. The van der Waals surface area contributed by atoms with Crippen molar-refractivity contribution in [1.29, 1.82) is 0 Å². The van der Waals surface area contributed by atoms with Crippen molar-refractivity contribution in [3.8, 4) is 0 Å². The molecule has 1 atom stereocenters. The predicted octanol–water partition coefficient (Wildman–Crippen LogP) is 4.97. The molecule has 0 aromatic heterocycles. The molecule has 0 fully saturated rings. The van der Waals surface area contributed by atoms with Crippen molar-refractivity contribution < 1.29 is 9.18 Å². The van der Waals surface area contributed by atoms with Gasteiger partial charge in [-0.3, -0.25) is 4.79 Å². The van der Waals surface area contributed by atoms with E-state index in [2.05, 4.69) is 43.2 Å². The number of nitrogens with one attached hydrogen (secondary N) is 1. The van der Waals surface area contributed by atoms with E-state index in [1.807, 2.05) is 12.1 Å². The Morgan fingerprint density at radius 1 is 1.37 bits per heavy atom. The summed E-state index contributed by atoms with van der Waals surface area (Å²) in [6.07, 6.45) is 2.55. The van der Waals surface area contributed by atoms with Crippen LogP contribution in [0, 0.1) is 5.82 Å². The van der Waals surface area contributed by atoms with E-state index in [9.17, 15) is 9.18 Å². The summed E-state index contributed by atoms with van der Waals surface area (Å²) in [6.45, 7) is 6.64. The van der Waals surface area contributed by atoms with Crippen LogP contribution in [0.25, 0.3) is 0 Å². The Balaban J connectivity index is 1.81. The lowest BCUT2D eigenvalue weighted by Crippen LogP contribution is -2.45. The Labute approximate surface area is 164 Å². The first-order valence-electron chi connectivity index (χ1n) is 8.85. The van der Waals surface area contributed by atoms with Crippen molar-refractivity contribution in [1.82, 2.24) is 5.43 Å². The fourth-order valence-corrected chi connectivity index (χ4v) is 3.76. The second-order valence-corrected chi connectivity index (χ2v) is 8.03. The summed E-state index contributed by atoms with van der Waals surface area (Å²) < 4.78 is 13.2. The summed E-state index contributed by atoms with van der Waals surface area (Å²) in [4.78, 5) is 14.3. The molecule has 1 aliphatic rings. The quantitative estimate of drug-likeness (QED) is 0.597. The summed E-state index contributed by atoms with van der Waals surface area (Å²) >= 11 is 6.44. The first-order chi connectivity index (χ1) is 12.7. The molecule has 142 valence electrons. The fourth-order valence-electron chi connectivity index (χ4n) is 3.56. The molecule has 3 rings (SSSR count).